The number of aromatic amines is 1. The van der Waals surface area contributed by atoms with Gasteiger partial charge in [-0.1, -0.05) is 24.3 Å². The van der Waals surface area contributed by atoms with Gasteiger partial charge in [-0.15, -0.1) is 0 Å². The molecule has 0 bridgehead atoms. The number of H-pyrrole nitrogens is 1. The number of likely N-dealkylation sites (tertiary alicyclic amines) is 2. The van der Waals surface area contributed by atoms with Gasteiger partial charge in [-0.25, -0.2) is 14.4 Å². The first-order valence-corrected chi connectivity index (χ1v) is 16.3. The summed E-state index contributed by atoms with van der Waals surface area (Å²) in [6, 6.07) is 20.4. The normalized spacial score (nSPS) is 18.8. The van der Waals surface area contributed by atoms with Gasteiger partial charge in [0.05, 0.1) is 12.1 Å². The molecular weight excluding hydrogens is 609 g/mol. The van der Waals surface area contributed by atoms with Gasteiger partial charge in [0.2, 0.25) is 5.91 Å². The van der Waals surface area contributed by atoms with Crippen LogP contribution < -0.4 is 5.32 Å². The van der Waals surface area contributed by atoms with Crippen LogP contribution in [-0.2, 0) is 14.3 Å². The first-order chi connectivity index (χ1) is 23.3. The average Bonchev–Trinajstić information content (AvgIpc) is 3.73. The molecule has 246 valence electrons. The monoisotopic (exact) mass is 647 g/mol. The van der Waals surface area contributed by atoms with Gasteiger partial charge in [0.1, 0.15) is 11.5 Å². The second kappa shape index (κ2) is 13.2. The van der Waals surface area contributed by atoms with Crippen molar-refractivity contribution in [2.75, 3.05) is 45.2 Å². The number of anilines is 1. The maximum Gasteiger partial charge on any atom is 0.258 e. The lowest BCUT2D eigenvalue weighted by molar-refractivity contribution is -0.138. The Labute approximate surface area is 278 Å². The number of hydrogen-bond donors (Lipinski definition) is 2. The Bertz CT molecular complexity index is 1940. The number of carbonyl (C=O) groups excluding carboxylic acids is 2. The van der Waals surface area contributed by atoms with Crippen LogP contribution in [0.15, 0.2) is 79.1 Å². The lowest BCUT2D eigenvalue weighted by atomic mass is 9.89. The summed E-state index contributed by atoms with van der Waals surface area (Å²) in [7, 11) is 1.55. The Kier molecular flexibility index (Phi) is 8.72. The van der Waals surface area contributed by atoms with Gasteiger partial charge < -0.3 is 15.0 Å². The number of rotatable bonds is 8. The van der Waals surface area contributed by atoms with Crippen LogP contribution >= 0.6 is 0 Å². The molecule has 2 amide bonds. The van der Waals surface area contributed by atoms with Crippen molar-refractivity contribution in [2.24, 2.45) is 0 Å². The first-order valence-electron chi connectivity index (χ1n) is 16.3. The minimum absolute atomic E-state index is 0.0753. The minimum atomic E-state index is -1.08. The third kappa shape index (κ3) is 6.31. The Morgan fingerprint density at radius 2 is 1.79 bits per heavy atom. The van der Waals surface area contributed by atoms with Crippen LogP contribution in [0.3, 0.4) is 0 Å². The van der Waals surface area contributed by atoms with E-state index in [0.29, 0.717) is 55.7 Å². The number of ether oxygens (including phenoxy) is 1. The van der Waals surface area contributed by atoms with Gasteiger partial charge in [-0.2, -0.15) is 5.10 Å². The molecule has 2 aliphatic heterocycles. The number of carbonyl (C=O) groups is 2. The van der Waals surface area contributed by atoms with E-state index in [-0.39, 0.29) is 24.2 Å². The summed E-state index contributed by atoms with van der Waals surface area (Å²) < 4.78 is 19.6. The van der Waals surface area contributed by atoms with E-state index in [2.05, 4.69) is 49.7 Å². The molecule has 0 spiro atoms. The Hall–Kier alpha value is -5.00. The Morgan fingerprint density at radius 3 is 2.52 bits per heavy atom. The maximum absolute atomic E-state index is 13.7. The molecule has 5 aromatic rings. The van der Waals surface area contributed by atoms with Gasteiger partial charge in [0.15, 0.2) is 11.4 Å². The number of piperidine rings is 1. The van der Waals surface area contributed by atoms with E-state index in [1.54, 1.807) is 31.6 Å². The summed E-state index contributed by atoms with van der Waals surface area (Å²) in [4.78, 5) is 39.6. The van der Waals surface area contributed by atoms with E-state index in [9.17, 15) is 14.0 Å². The Balaban J connectivity index is 0.947. The van der Waals surface area contributed by atoms with Crippen molar-refractivity contribution in [3.05, 3.63) is 96.1 Å². The van der Waals surface area contributed by atoms with E-state index in [1.165, 1.54) is 17.7 Å². The lowest BCUT2D eigenvalue weighted by Gasteiger charge is -2.33. The molecule has 2 aliphatic rings. The number of methoxy groups -OCH3 is 1. The van der Waals surface area contributed by atoms with Crippen LogP contribution in [0, 0.1) is 12.7 Å². The van der Waals surface area contributed by atoms with E-state index in [1.807, 2.05) is 34.9 Å². The summed E-state index contributed by atoms with van der Waals surface area (Å²) >= 11 is 0. The molecule has 0 radical (unpaired) electrons. The fourth-order valence-corrected chi connectivity index (χ4v) is 6.98. The molecule has 0 unspecified atom stereocenters. The molecule has 48 heavy (non-hydrogen) atoms. The van der Waals surface area contributed by atoms with Crippen LogP contribution in [0.4, 0.5) is 10.1 Å². The number of nitrogens with one attached hydrogen (secondary N) is 2. The largest absolute Gasteiger partial charge is 0.367 e. The summed E-state index contributed by atoms with van der Waals surface area (Å²) in [5.41, 5.74) is 4.86. The summed E-state index contributed by atoms with van der Waals surface area (Å²) in [6.07, 6.45) is 5.77. The van der Waals surface area contributed by atoms with E-state index in [0.717, 1.165) is 40.4 Å². The molecule has 0 saturated carbocycles. The molecule has 3 aromatic carbocycles. The zero-order chi connectivity index (χ0) is 33.3. The highest BCUT2D eigenvalue weighted by molar-refractivity contribution is 6.01. The number of benzene rings is 3. The van der Waals surface area contributed by atoms with E-state index >= 15 is 0 Å². The van der Waals surface area contributed by atoms with Crippen molar-refractivity contribution in [2.45, 2.75) is 37.7 Å². The zero-order valence-electron chi connectivity index (χ0n) is 27.1. The molecule has 10 nitrogen and oxygen atoms in total. The highest BCUT2D eigenvalue weighted by Crippen LogP contribution is 2.33. The van der Waals surface area contributed by atoms with Crippen molar-refractivity contribution in [3.63, 3.8) is 0 Å². The second-order valence-corrected chi connectivity index (χ2v) is 12.8. The fraction of sp³-hybridized carbons (Fsp3) is 0.324. The third-order valence-corrected chi connectivity index (χ3v) is 9.79. The molecule has 2 N–H and O–H groups in total. The quantitative estimate of drug-likeness (QED) is 0.226. The SMILES string of the molecule is CO[C@@]1(C(=O)Nc2ccc3[nH]nc(-c4ccc(F)cc4C)c3c2)CCN(CC(=O)N2CCC(c3ccc(-c4ncccn4)cc3)CC2)C1. The second-order valence-electron chi connectivity index (χ2n) is 12.8. The lowest BCUT2D eigenvalue weighted by Crippen LogP contribution is -2.48. The molecule has 2 saturated heterocycles. The van der Waals surface area contributed by atoms with Crippen molar-refractivity contribution < 1.29 is 18.7 Å². The van der Waals surface area contributed by atoms with Crippen LogP contribution in [0.25, 0.3) is 33.5 Å². The zero-order valence-corrected chi connectivity index (χ0v) is 27.1. The molecule has 0 aliphatic carbocycles. The van der Waals surface area contributed by atoms with Crippen molar-refractivity contribution in [1.82, 2.24) is 30.0 Å². The number of aromatic nitrogens is 4. The number of nitrogens with zero attached hydrogens (tertiary/aromatic N) is 5. The third-order valence-electron chi connectivity index (χ3n) is 9.79. The fourth-order valence-electron chi connectivity index (χ4n) is 6.98. The summed E-state index contributed by atoms with van der Waals surface area (Å²) in [5.74, 6) is 0.625. The minimum Gasteiger partial charge on any atom is -0.367 e. The molecule has 7 rings (SSSR count). The molecule has 4 heterocycles. The van der Waals surface area contributed by atoms with Gasteiger partial charge in [0, 0.05) is 67.9 Å². The molecule has 2 aromatic heterocycles. The topological polar surface area (TPSA) is 116 Å². The van der Waals surface area contributed by atoms with Gasteiger partial charge >= 0.3 is 0 Å². The highest BCUT2D eigenvalue weighted by atomic mass is 19.1. The predicted octanol–water partition coefficient (Wildman–Crippen LogP) is 5.57. The van der Waals surface area contributed by atoms with Crippen molar-refractivity contribution in [1.29, 1.82) is 0 Å². The van der Waals surface area contributed by atoms with Crippen LogP contribution in [0.2, 0.25) is 0 Å². The van der Waals surface area contributed by atoms with Crippen LogP contribution in [0.1, 0.15) is 36.3 Å². The molecule has 11 heteroatoms. The number of fused-ring (bicyclic) bond motifs is 1. The summed E-state index contributed by atoms with van der Waals surface area (Å²) in [6.45, 7) is 4.39. The van der Waals surface area contributed by atoms with Gasteiger partial charge in [0.25, 0.3) is 5.91 Å². The number of aryl methyl sites for hydroxylation is 1. The summed E-state index contributed by atoms with van der Waals surface area (Å²) in [5, 5.41) is 11.3. The van der Waals surface area contributed by atoms with E-state index < -0.39 is 5.60 Å². The van der Waals surface area contributed by atoms with Gasteiger partial charge in [-0.05, 0) is 85.7 Å². The smallest absolute Gasteiger partial charge is 0.258 e. The van der Waals surface area contributed by atoms with Gasteiger partial charge in [-0.3, -0.25) is 19.6 Å². The number of hydrogen-bond acceptors (Lipinski definition) is 7. The van der Waals surface area contributed by atoms with Crippen molar-refractivity contribution >= 4 is 28.4 Å². The van der Waals surface area contributed by atoms with Crippen molar-refractivity contribution in [3.8, 4) is 22.6 Å². The average molecular weight is 648 g/mol. The standard InChI is InChI=1S/C37H38FN7O3/c1-24-20-28(38)8-10-30(24)34-31-21-29(9-11-32(31)42-43-34)41-36(47)37(48-2)14-19-44(23-37)22-33(46)45-17-12-26(13-18-45)25-4-6-27(7-5-25)35-39-15-3-16-40-35/h3-11,15-16,20-21,26H,12-14,17-19,22-23H2,1-2H3,(H,41,47)(H,42,43)/t37-/m0/s1. The Morgan fingerprint density at radius 1 is 1.02 bits per heavy atom. The molecular formula is C37H38FN7O3. The number of amides is 2. The highest BCUT2D eigenvalue weighted by Gasteiger charge is 2.45. The first kappa shape index (κ1) is 31.6. The molecule has 2 fully saturated rings. The maximum atomic E-state index is 13.7. The van der Waals surface area contributed by atoms with Crippen LogP contribution in [0.5, 0.6) is 0 Å². The molecule has 1 atom stereocenters. The number of halogens is 1. The van der Waals surface area contributed by atoms with E-state index in [4.69, 9.17) is 4.74 Å². The van der Waals surface area contributed by atoms with Crippen LogP contribution in [-0.4, -0.2) is 87.2 Å². The predicted molar refractivity (Wildman–Crippen MR) is 182 cm³/mol.